The molecule has 1 fully saturated rings. The van der Waals surface area contributed by atoms with Crippen LogP contribution in [0.15, 0.2) is 9.41 Å². The van der Waals surface area contributed by atoms with Crippen molar-refractivity contribution >= 4 is 5.96 Å². The molecular weight excluding hydrogens is 264 g/mol. The quantitative estimate of drug-likeness (QED) is 0.661. The molecule has 118 valence electrons. The fraction of sp³-hybridized carbons (Fsp3) is 0.750. The molecule has 1 aliphatic carbocycles. The van der Waals surface area contributed by atoms with Gasteiger partial charge < -0.3 is 15.1 Å². The number of aryl methyl sites for hydroxylation is 2. The minimum Gasteiger partial charge on any atom is -0.444 e. The highest BCUT2D eigenvalue weighted by Gasteiger charge is 2.21. The van der Waals surface area contributed by atoms with Crippen molar-refractivity contribution < 1.29 is 4.42 Å². The van der Waals surface area contributed by atoms with E-state index in [9.17, 15) is 0 Å². The van der Waals surface area contributed by atoms with Crippen LogP contribution >= 0.6 is 0 Å². The van der Waals surface area contributed by atoms with Gasteiger partial charge in [-0.2, -0.15) is 0 Å². The number of nitrogens with zero attached hydrogens (tertiary/aromatic N) is 2. The normalized spacial score (nSPS) is 23.1. The maximum Gasteiger partial charge on any atom is 0.214 e. The van der Waals surface area contributed by atoms with Gasteiger partial charge in [0.25, 0.3) is 0 Å². The monoisotopic (exact) mass is 292 g/mol. The van der Waals surface area contributed by atoms with E-state index in [4.69, 9.17) is 4.42 Å². The molecule has 0 spiro atoms. The van der Waals surface area contributed by atoms with Gasteiger partial charge in [-0.05, 0) is 32.1 Å². The van der Waals surface area contributed by atoms with E-state index in [1.807, 2.05) is 13.8 Å². The first-order valence-electron chi connectivity index (χ1n) is 7.97. The van der Waals surface area contributed by atoms with Crippen LogP contribution in [0.1, 0.15) is 50.0 Å². The van der Waals surface area contributed by atoms with Gasteiger partial charge in [-0.15, -0.1) is 0 Å². The lowest BCUT2D eigenvalue weighted by atomic mass is 9.80. The molecule has 2 unspecified atom stereocenters. The van der Waals surface area contributed by atoms with Gasteiger partial charge in [0.15, 0.2) is 5.96 Å². The van der Waals surface area contributed by atoms with E-state index in [2.05, 4.69) is 27.5 Å². The van der Waals surface area contributed by atoms with Crippen LogP contribution in [-0.4, -0.2) is 24.5 Å². The minimum atomic E-state index is 0.564. The number of oxazole rings is 1. The van der Waals surface area contributed by atoms with Crippen molar-refractivity contribution in [1.29, 1.82) is 0 Å². The van der Waals surface area contributed by atoms with Crippen molar-refractivity contribution in [2.45, 2.75) is 53.0 Å². The second kappa shape index (κ2) is 7.48. The van der Waals surface area contributed by atoms with Gasteiger partial charge in [0.05, 0.1) is 12.2 Å². The third kappa shape index (κ3) is 4.48. The summed E-state index contributed by atoms with van der Waals surface area (Å²) in [5, 5.41) is 6.69. The van der Waals surface area contributed by atoms with Gasteiger partial charge >= 0.3 is 0 Å². The molecule has 5 heteroatoms. The maximum atomic E-state index is 5.56. The predicted molar refractivity (Wildman–Crippen MR) is 85.3 cm³/mol. The molecule has 0 radical (unpaired) electrons. The van der Waals surface area contributed by atoms with Gasteiger partial charge in [-0.1, -0.05) is 26.2 Å². The number of rotatable bonds is 4. The molecule has 2 atom stereocenters. The smallest absolute Gasteiger partial charge is 0.214 e. The first-order valence-corrected chi connectivity index (χ1v) is 7.97. The molecule has 2 N–H and O–H groups in total. The largest absolute Gasteiger partial charge is 0.444 e. The molecule has 2 rings (SSSR count). The topological polar surface area (TPSA) is 62.5 Å². The third-order valence-corrected chi connectivity index (χ3v) is 4.52. The molecule has 1 saturated carbocycles. The maximum absolute atomic E-state index is 5.56. The van der Waals surface area contributed by atoms with Gasteiger partial charge in [-0.25, -0.2) is 4.98 Å². The molecule has 5 nitrogen and oxygen atoms in total. The van der Waals surface area contributed by atoms with E-state index in [1.54, 1.807) is 7.05 Å². The highest BCUT2D eigenvalue weighted by molar-refractivity contribution is 5.79. The fourth-order valence-corrected chi connectivity index (χ4v) is 2.92. The van der Waals surface area contributed by atoms with Crippen molar-refractivity contribution in [1.82, 2.24) is 15.6 Å². The van der Waals surface area contributed by atoms with Gasteiger partial charge in [0.1, 0.15) is 5.76 Å². The van der Waals surface area contributed by atoms with Crippen LogP contribution in [0.5, 0.6) is 0 Å². The molecule has 1 aromatic rings. The van der Waals surface area contributed by atoms with Crippen LogP contribution in [0.3, 0.4) is 0 Å². The van der Waals surface area contributed by atoms with Crippen LogP contribution in [0, 0.1) is 25.7 Å². The predicted octanol–water partition coefficient (Wildman–Crippen LogP) is 2.78. The first-order chi connectivity index (χ1) is 10.1. The van der Waals surface area contributed by atoms with Crippen molar-refractivity contribution in [3.63, 3.8) is 0 Å². The highest BCUT2D eigenvalue weighted by Crippen LogP contribution is 2.28. The molecule has 0 aromatic carbocycles. The molecular formula is C16H28N4O. The number of guanidine groups is 1. The Bertz CT molecular complexity index is 461. The third-order valence-electron chi connectivity index (χ3n) is 4.52. The molecule has 0 bridgehead atoms. The average Bonchev–Trinajstić information content (AvgIpc) is 2.79. The Kier molecular flexibility index (Phi) is 5.65. The van der Waals surface area contributed by atoms with Crippen molar-refractivity contribution in [3.8, 4) is 0 Å². The Hall–Kier alpha value is -1.52. The standard InChI is InChI=1S/C16H28N4O/c1-11-7-5-6-8-14(11)9-18-16(17-4)19-10-15-20-12(2)13(3)21-15/h11,14H,5-10H2,1-4H3,(H2,17,18,19). The van der Waals surface area contributed by atoms with E-state index >= 15 is 0 Å². The average molecular weight is 292 g/mol. The summed E-state index contributed by atoms with van der Waals surface area (Å²) in [7, 11) is 1.80. The van der Waals surface area contributed by atoms with Crippen molar-refractivity contribution in [3.05, 3.63) is 17.3 Å². The zero-order chi connectivity index (χ0) is 15.2. The summed E-state index contributed by atoms with van der Waals surface area (Å²) in [5.41, 5.74) is 0.950. The van der Waals surface area contributed by atoms with Crippen LogP contribution in [0.2, 0.25) is 0 Å². The van der Waals surface area contributed by atoms with E-state index in [0.29, 0.717) is 12.4 Å². The Morgan fingerprint density at radius 1 is 1.29 bits per heavy atom. The van der Waals surface area contributed by atoms with Crippen molar-refractivity contribution in [2.75, 3.05) is 13.6 Å². The molecule has 1 aromatic heterocycles. The fourth-order valence-electron chi connectivity index (χ4n) is 2.92. The number of aromatic nitrogens is 1. The Balaban J connectivity index is 1.78. The minimum absolute atomic E-state index is 0.564. The van der Waals surface area contributed by atoms with E-state index in [1.165, 1.54) is 25.7 Å². The second-order valence-corrected chi connectivity index (χ2v) is 6.08. The van der Waals surface area contributed by atoms with Gasteiger partial charge in [0, 0.05) is 13.6 Å². The summed E-state index contributed by atoms with van der Waals surface area (Å²) in [6, 6.07) is 0. The Morgan fingerprint density at radius 3 is 2.67 bits per heavy atom. The molecule has 0 saturated heterocycles. The Labute approximate surface area is 127 Å². The van der Waals surface area contributed by atoms with Crippen LogP contribution < -0.4 is 10.6 Å². The zero-order valence-electron chi connectivity index (χ0n) is 13.7. The summed E-state index contributed by atoms with van der Waals surface area (Å²) < 4.78 is 5.56. The number of hydrogen-bond acceptors (Lipinski definition) is 3. The molecule has 21 heavy (non-hydrogen) atoms. The Morgan fingerprint density at radius 2 is 2.05 bits per heavy atom. The summed E-state index contributed by atoms with van der Waals surface area (Å²) in [5.74, 6) is 3.97. The van der Waals surface area contributed by atoms with Crippen LogP contribution in [0.4, 0.5) is 0 Å². The second-order valence-electron chi connectivity index (χ2n) is 6.08. The summed E-state index contributed by atoms with van der Waals surface area (Å²) >= 11 is 0. The highest BCUT2D eigenvalue weighted by atomic mass is 16.4. The number of aliphatic imine (C=N–C) groups is 1. The van der Waals surface area contributed by atoms with E-state index in [0.717, 1.165) is 35.8 Å². The summed E-state index contributed by atoms with van der Waals surface area (Å²) in [6.45, 7) is 7.81. The number of nitrogens with one attached hydrogen (secondary N) is 2. The van der Waals surface area contributed by atoms with Crippen LogP contribution in [-0.2, 0) is 6.54 Å². The lowest BCUT2D eigenvalue weighted by molar-refractivity contribution is 0.256. The molecule has 1 aliphatic rings. The lowest BCUT2D eigenvalue weighted by Gasteiger charge is -2.29. The molecule has 1 heterocycles. The SMILES string of the molecule is CN=C(NCc1nc(C)c(C)o1)NCC1CCCCC1C. The van der Waals surface area contributed by atoms with Crippen LogP contribution in [0.25, 0.3) is 0 Å². The van der Waals surface area contributed by atoms with E-state index < -0.39 is 0 Å². The zero-order valence-corrected chi connectivity index (χ0v) is 13.7. The summed E-state index contributed by atoms with van der Waals surface area (Å²) in [4.78, 5) is 8.63. The number of hydrogen-bond donors (Lipinski definition) is 2. The molecule has 0 amide bonds. The van der Waals surface area contributed by atoms with E-state index in [-0.39, 0.29) is 0 Å². The van der Waals surface area contributed by atoms with Crippen molar-refractivity contribution in [2.24, 2.45) is 16.8 Å². The van der Waals surface area contributed by atoms with Gasteiger partial charge in [0.2, 0.25) is 5.89 Å². The first kappa shape index (κ1) is 15.9. The summed E-state index contributed by atoms with van der Waals surface area (Å²) in [6.07, 6.45) is 5.42. The van der Waals surface area contributed by atoms with Gasteiger partial charge in [-0.3, -0.25) is 4.99 Å². The molecule has 0 aliphatic heterocycles. The lowest BCUT2D eigenvalue weighted by Crippen LogP contribution is -2.41.